The molecule has 112 valence electrons. The van der Waals surface area contributed by atoms with Gasteiger partial charge in [-0.25, -0.2) is 9.97 Å². The zero-order valence-corrected chi connectivity index (χ0v) is 13.0. The Balaban J connectivity index is 2.10. The number of nitrogens with one attached hydrogen (secondary N) is 1. The van der Waals surface area contributed by atoms with E-state index < -0.39 is 0 Å². The lowest BCUT2D eigenvalue weighted by Gasteiger charge is -2.22. The van der Waals surface area contributed by atoms with Crippen molar-refractivity contribution in [3.05, 3.63) is 17.6 Å². The molecule has 1 aromatic heterocycles. The highest BCUT2D eigenvalue weighted by Crippen LogP contribution is 2.18. The summed E-state index contributed by atoms with van der Waals surface area (Å²) in [6, 6.07) is 2.08. The molecule has 1 aliphatic heterocycles. The largest absolute Gasteiger partial charge is 0.378 e. The maximum absolute atomic E-state index is 5.80. The fourth-order valence-electron chi connectivity index (χ4n) is 2.61. The Morgan fingerprint density at radius 3 is 2.85 bits per heavy atom. The maximum Gasteiger partial charge on any atom is 0.133 e. The quantitative estimate of drug-likeness (QED) is 0.867. The van der Waals surface area contributed by atoms with Gasteiger partial charge in [-0.05, 0) is 38.5 Å². The molecule has 1 atom stereocenters. The molecule has 4 heteroatoms. The Labute approximate surface area is 122 Å². The molecule has 1 saturated heterocycles. The highest BCUT2D eigenvalue weighted by molar-refractivity contribution is 5.36. The molecule has 20 heavy (non-hydrogen) atoms. The summed E-state index contributed by atoms with van der Waals surface area (Å²) >= 11 is 0. The average molecular weight is 277 g/mol. The second-order valence-corrected chi connectivity index (χ2v) is 5.98. The summed E-state index contributed by atoms with van der Waals surface area (Å²) in [5.41, 5.74) is 1.14. The summed E-state index contributed by atoms with van der Waals surface area (Å²) in [4.78, 5) is 9.34. The van der Waals surface area contributed by atoms with Gasteiger partial charge in [0, 0.05) is 31.3 Å². The van der Waals surface area contributed by atoms with Crippen LogP contribution in [-0.4, -0.2) is 29.2 Å². The highest BCUT2D eigenvalue weighted by atomic mass is 16.5. The number of nitrogens with zero attached hydrogens (tertiary/aromatic N) is 2. The lowest BCUT2D eigenvalue weighted by Crippen LogP contribution is -2.23. The van der Waals surface area contributed by atoms with Crippen molar-refractivity contribution in [2.75, 3.05) is 18.5 Å². The lowest BCUT2D eigenvalue weighted by molar-refractivity contribution is 0.0156. The van der Waals surface area contributed by atoms with E-state index in [1.54, 1.807) is 0 Å². The van der Waals surface area contributed by atoms with Crippen LogP contribution in [0.25, 0.3) is 0 Å². The van der Waals surface area contributed by atoms with Gasteiger partial charge >= 0.3 is 0 Å². The zero-order chi connectivity index (χ0) is 14.4. The summed E-state index contributed by atoms with van der Waals surface area (Å²) in [6.07, 6.45) is 5.72. The SMILES string of the molecule is CCNc1cc(CC(C)C)nc(CC2CCCCO2)n1. The van der Waals surface area contributed by atoms with Crippen LogP contribution < -0.4 is 5.32 Å². The van der Waals surface area contributed by atoms with Gasteiger partial charge < -0.3 is 10.1 Å². The van der Waals surface area contributed by atoms with Gasteiger partial charge in [0.25, 0.3) is 0 Å². The Kier molecular flexibility index (Phi) is 5.77. The first-order valence-corrected chi connectivity index (χ1v) is 7.89. The molecule has 2 heterocycles. The van der Waals surface area contributed by atoms with Crippen LogP contribution in [0, 0.1) is 5.92 Å². The zero-order valence-electron chi connectivity index (χ0n) is 13.0. The molecule has 0 aromatic carbocycles. The second kappa shape index (κ2) is 7.58. The van der Waals surface area contributed by atoms with Crippen molar-refractivity contribution in [3.8, 4) is 0 Å². The predicted octanol–water partition coefficient (Wildman–Crippen LogP) is 3.22. The van der Waals surface area contributed by atoms with Crippen LogP contribution in [0.5, 0.6) is 0 Å². The molecule has 1 fully saturated rings. The number of anilines is 1. The monoisotopic (exact) mass is 277 g/mol. The fourth-order valence-corrected chi connectivity index (χ4v) is 2.61. The van der Waals surface area contributed by atoms with Gasteiger partial charge in [0.1, 0.15) is 11.6 Å². The minimum Gasteiger partial charge on any atom is -0.378 e. The molecule has 1 unspecified atom stereocenters. The molecule has 1 N–H and O–H groups in total. The van der Waals surface area contributed by atoms with Crippen LogP contribution in [0.4, 0.5) is 5.82 Å². The highest BCUT2D eigenvalue weighted by Gasteiger charge is 2.17. The molecule has 0 spiro atoms. The summed E-state index contributed by atoms with van der Waals surface area (Å²) < 4.78 is 5.80. The first kappa shape index (κ1) is 15.2. The van der Waals surface area contributed by atoms with Crippen molar-refractivity contribution >= 4 is 5.82 Å². The molecule has 4 nitrogen and oxygen atoms in total. The Hall–Kier alpha value is -1.16. The Morgan fingerprint density at radius 1 is 1.35 bits per heavy atom. The summed E-state index contributed by atoms with van der Waals surface area (Å²) in [5.74, 6) is 2.48. The van der Waals surface area contributed by atoms with Crippen molar-refractivity contribution < 1.29 is 4.74 Å². The van der Waals surface area contributed by atoms with Gasteiger partial charge in [-0.15, -0.1) is 0 Å². The molecule has 1 aliphatic rings. The van der Waals surface area contributed by atoms with Crippen LogP contribution in [0.1, 0.15) is 51.6 Å². The lowest BCUT2D eigenvalue weighted by atomic mass is 10.1. The molecular formula is C16H27N3O. The standard InChI is InChI=1S/C16H27N3O/c1-4-17-15-10-13(9-12(2)3)18-16(19-15)11-14-7-5-6-8-20-14/h10,12,14H,4-9,11H2,1-3H3,(H,17,18,19). The number of hydrogen-bond donors (Lipinski definition) is 1. The first-order chi connectivity index (χ1) is 9.67. The summed E-state index contributed by atoms with van der Waals surface area (Å²) in [7, 11) is 0. The van der Waals surface area contributed by atoms with E-state index in [1.165, 1.54) is 12.8 Å². The maximum atomic E-state index is 5.80. The Morgan fingerprint density at radius 2 is 2.20 bits per heavy atom. The molecule has 0 bridgehead atoms. The minimum atomic E-state index is 0.299. The van der Waals surface area contributed by atoms with Crippen LogP contribution in [-0.2, 0) is 17.6 Å². The minimum absolute atomic E-state index is 0.299. The van der Waals surface area contributed by atoms with Crippen LogP contribution in [0.3, 0.4) is 0 Å². The molecule has 0 radical (unpaired) electrons. The molecule has 0 aliphatic carbocycles. The topological polar surface area (TPSA) is 47.0 Å². The van der Waals surface area contributed by atoms with Gasteiger partial charge in [-0.1, -0.05) is 13.8 Å². The van der Waals surface area contributed by atoms with Crippen LogP contribution >= 0.6 is 0 Å². The fraction of sp³-hybridized carbons (Fsp3) is 0.750. The second-order valence-electron chi connectivity index (χ2n) is 5.98. The Bertz CT molecular complexity index is 414. The number of aromatic nitrogens is 2. The molecular weight excluding hydrogens is 250 g/mol. The van der Waals surface area contributed by atoms with Crippen LogP contribution in [0.2, 0.25) is 0 Å². The first-order valence-electron chi connectivity index (χ1n) is 7.89. The predicted molar refractivity (Wildman–Crippen MR) is 82.0 cm³/mol. The van der Waals surface area contributed by atoms with Gasteiger partial charge in [0.15, 0.2) is 0 Å². The summed E-state index contributed by atoms with van der Waals surface area (Å²) in [6.45, 7) is 8.31. The van der Waals surface area contributed by atoms with Crippen molar-refractivity contribution in [2.45, 2.75) is 59.0 Å². The van der Waals surface area contributed by atoms with Gasteiger partial charge in [-0.2, -0.15) is 0 Å². The van der Waals surface area contributed by atoms with E-state index in [1.807, 2.05) is 0 Å². The van der Waals surface area contributed by atoms with E-state index in [0.717, 1.165) is 49.8 Å². The third-order valence-corrected chi connectivity index (χ3v) is 3.49. The molecule has 0 saturated carbocycles. The van der Waals surface area contributed by atoms with Crippen molar-refractivity contribution in [1.29, 1.82) is 0 Å². The van der Waals surface area contributed by atoms with Crippen molar-refractivity contribution in [3.63, 3.8) is 0 Å². The normalized spacial score (nSPS) is 19.3. The van der Waals surface area contributed by atoms with Gasteiger partial charge in [-0.3, -0.25) is 0 Å². The van der Waals surface area contributed by atoms with Gasteiger partial charge in [0.2, 0.25) is 0 Å². The summed E-state index contributed by atoms with van der Waals surface area (Å²) in [5, 5.41) is 3.31. The molecule has 2 rings (SSSR count). The van der Waals surface area contributed by atoms with E-state index in [9.17, 15) is 0 Å². The van der Waals surface area contributed by atoms with E-state index >= 15 is 0 Å². The smallest absolute Gasteiger partial charge is 0.133 e. The number of ether oxygens (including phenoxy) is 1. The molecule has 1 aromatic rings. The van der Waals surface area contributed by atoms with Crippen molar-refractivity contribution in [2.24, 2.45) is 5.92 Å². The van der Waals surface area contributed by atoms with Gasteiger partial charge in [0.05, 0.1) is 6.10 Å². The van der Waals surface area contributed by atoms with E-state index in [2.05, 4.69) is 37.1 Å². The molecule has 0 amide bonds. The van der Waals surface area contributed by atoms with E-state index in [4.69, 9.17) is 9.72 Å². The average Bonchev–Trinajstić information content (AvgIpc) is 2.39. The van der Waals surface area contributed by atoms with E-state index in [-0.39, 0.29) is 0 Å². The van der Waals surface area contributed by atoms with Crippen molar-refractivity contribution in [1.82, 2.24) is 9.97 Å². The third kappa shape index (κ3) is 4.75. The number of rotatable bonds is 6. The van der Waals surface area contributed by atoms with Crippen LogP contribution in [0.15, 0.2) is 6.07 Å². The third-order valence-electron chi connectivity index (χ3n) is 3.49. The number of hydrogen-bond acceptors (Lipinski definition) is 4. The van der Waals surface area contributed by atoms with E-state index in [0.29, 0.717) is 12.0 Å².